The summed E-state index contributed by atoms with van der Waals surface area (Å²) in [5.41, 5.74) is 6.51. The van der Waals surface area contributed by atoms with Crippen LogP contribution in [-0.4, -0.2) is 5.84 Å². The molecule has 98 valence electrons. The van der Waals surface area contributed by atoms with E-state index in [1.54, 1.807) is 12.1 Å². The molecule has 0 fully saturated rings. The minimum absolute atomic E-state index is 0.236. The lowest BCUT2D eigenvalue weighted by molar-refractivity contribution is 0.305. The van der Waals surface area contributed by atoms with E-state index in [4.69, 9.17) is 27.5 Å². The number of hydrogen-bond donors (Lipinski definition) is 2. The van der Waals surface area contributed by atoms with Crippen molar-refractivity contribution in [1.82, 2.24) is 0 Å². The molecule has 2 aromatic rings. The van der Waals surface area contributed by atoms with Crippen LogP contribution in [0.2, 0.25) is 5.02 Å². The first-order chi connectivity index (χ1) is 9.06. The number of ether oxygens (including phenoxy) is 1. The Morgan fingerprint density at radius 3 is 2.74 bits per heavy atom. The molecule has 5 heteroatoms. The first-order valence-electron chi connectivity index (χ1n) is 5.57. The van der Waals surface area contributed by atoms with E-state index in [1.807, 2.05) is 12.1 Å². The van der Waals surface area contributed by atoms with Crippen molar-refractivity contribution in [3.8, 4) is 5.75 Å². The number of rotatable bonds is 4. The van der Waals surface area contributed by atoms with Crippen molar-refractivity contribution in [2.24, 2.45) is 5.73 Å². The molecule has 0 aliphatic rings. The van der Waals surface area contributed by atoms with Gasteiger partial charge >= 0.3 is 0 Å². The summed E-state index contributed by atoms with van der Waals surface area (Å²) in [4.78, 5) is 0. The van der Waals surface area contributed by atoms with E-state index in [0.29, 0.717) is 10.8 Å². The summed E-state index contributed by atoms with van der Waals surface area (Å²) in [6.45, 7) is 0.270. The van der Waals surface area contributed by atoms with Gasteiger partial charge in [-0.25, -0.2) is 4.39 Å². The molecule has 19 heavy (non-hydrogen) atoms. The molecule has 0 aliphatic carbocycles. The Bertz CT molecular complexity index is 616. The fourth-order valence-electron chi connectivity index (χ4n) is 1.63. The maximum atomic E-state index is 13.1. The van der Waals surface area contributed by atoms with Crippen molar-refractivity contribution in [3.63, 3.8) is 0 Å². The highest BCUT2D eigenvalue weighted by atomic mass is 35.5. The predicted molar refractivity (Wildman–Crippen MR) is 73.2 cm³/mol. The Labute approximate surface area is 115 Å². The van der Waals surface area contributed by atoms with E-state index >= 15 is 0 Å². The van der Waals surface area contributed by atoms with Crippen molar-refractivity contribution in [2.45, 2.75) is 6.61 Å². The maximum absolute atomic E-state index is 13.1. The molecule has 0 bridgehead atoms. The highest BCUT2D eigenvalue weighted by Gasteiger charge is 2.08. The number of halogens is 2. The van der Waals surface area contributed by atoms with Crippen molar-refractivity contribution in [1.29, 1.82) is 5.41 Å². The summed E-state index contributed by atoms with van der Waals surface area (Å²) < 4.78 is 18.6. The van der Waals surface area contributed by atoms with Crippen LogP contribution in [0.1, 0.15) is 11.1 Å². The van der Waals surface area contributed by atoms with Gasteiger partial charge in [-0.15, -0.1) is 0 Å². The van der Waals surface area contributed by atoms with Gasteiger partial charge in [0.2, 0.25) is 0 Å². The van der Waals surface area contributed by atoms with Crippen molar-refractivity contribution >= 4 is 17.4 Å². The SMILES string of the molecule is N=C(N)c1cc(F)ccc1OCc1cccc(Cl)c1. The Hall–Kier alpha value is -2.07. The topological polar surface area (TPSA) is 59.1 Å². The van der Waals surface area contributed by atoms with Gasteiger partial charge in [0.05, 0.1) is 5.56 Å². The Balaban J connectivity index is 2.17. The molecule has 0 saturated carbocycles. The molecule has 0 saturated heterocycles. The molecule has 0 aromatic heterocycles. The zero-order valence-corrected chi connectivity index (χ0v) is 10.7. The number of nitrogens with one attached hydrogen (secondary N) is 1. The zero-order chi connectivity index (χ0) is 13.8. The normalized spacial score (nSPS) is 10.2. The van der Waals surface area contributed by atoms with E-state index in [2.05, 4.69) is 0 Å². The minimum Gasteiger partial charge on any atom is -0.488 e. The smallest absolute Gasteiger partial charge is 0.130 e. The van der Waals surface area contributed by atoms with Gasteiger partial charge in [-0.05, 0) is 35.9 Å². The summed E-state index contributed by atoms with van der Waals surface area (Å²) in [6.07, 6.45) is 0. The van der Waals surface area contributed by atoms with Crippen LogP contribution in [0, 0.1) is 11.2 Å². The number of nitrogen functional groups attached to an aromatic ring is 1. The molecule has 0 atom stereocenters. The summed E-state index contributed by atoms with van der Waals surface area (Å²) >= 11 is 5.87. The molecular weight excluding hydrogens is 267 g/mol. The van der Waals surface area contributed by atoms with Gasteiger partial charge in [0, 0.05) is 5.02 Å². The number of amidine groups is 1. The third-order valence-electron chi connectivity index (χ3n) is 2.52. The molecule has 0 spiro atoms. The van der Waals surface area contributed by atoms with Gasteiger partial charge in [-0.3, -0.25) is 5.41 Å². The van der Waals surface area contributed by atoms with Crippen LogP contribution in [0.3, 0.4) is 0 Å². The average molecular weight is 279 g/mol. The summed E-state index contributed by atoms with van der Waals surface area (Å²) in [5.74, 6) is -0.324. The summed E-state index contributed by atoms with van der Waals surface area (Å²) in [6, 6.07) is 11.1. The Kier molecular flexibility index (Phi) is 4.02. The fourth-order valence-corrected chi connectivity index (χ4v) is 1.84. The molecule has 2 rings (SSSR count). The quantitative estimate of drug-likeness (QED) is 0.666. The first-order valence-corrected chi connectivity index (χ1v) is 5.95. The molecule has 0 radical (unpaired) electrons. The highest BCUT2D eigenvalue weighted by molar-refractivity contribution is 6.30. The highest BCUT2D eigenvalue weighted by Crippen LogP contribution is 2.21. The maximum Gasteiger partial charge on any atom is 0.130 e. The minimum atomic E-state index is -0.458. The van der Waals surface area contributed by atoms with Crippen LogP contribution in [0.5, 0.6) is 5.75 Å². The fraction of sp³-hybridized carbons (Fsp3) is 0.0714. The van der Waals surface area contributed by atoms with E-state index in [1.165, 1.54) is 18.2 Å². The van der Waals surface area contributed by atoms with Gasteiger partial charge in [0.1, 0.15) is 24.0 Å². The molecule has 0 heterocycles. The molecule has 0 unspecified atom stereocenters. The molecule has 2 aromatic carbocycles. The number of benzene rings is 2. The van der Waals surface area contributed by atoms with Gasteiger partial charge < -0.3 is 10.5 Å². The van der Waals surface area contributed by atoms with E-state index in [9.17, 15) is 4.39 Å². The standard InChI is InChI=1S/C14H12ClFN2O/c15-10-3-1-2-9(6-10)8-19-13-5-4-11(16)7-12(13)14(17)18/h1-7H,8H2,(H3,17,18). The average Bonchev–Trinajstić information content (AvgIpc) is 2.37. The lowest BCUT2D eigenvalue weighted by Crippen LogP contribution is -2.13. The molecule has 3 nitrogen and oxygen atoms in total. The Morgan fingerprint density at radius 1 is 1.26 bits per heavy atom. The predicted octanol–water partition coefficient (Wildman–Crippen LogP) is 3.34. The van der Waals surface area contributed by atoms with Crippen LogP contribution in [0.25, 0.3) is 0 Å². The summed E-state index contributed by atoms with van der Waals surface area (Å²) in [5, 5.41) is 8.02. The molecular formula is C14H12ClFN2O. The van der Waals surface area contributed by atoms with Crippen LogP contribution < -0.4 is 10.5 Å². The van der Waals surface area contributed by atoms with Crippen molar-refractivity contribution in [3.05, 3.63) is 64.4 Å². The van der Waals surface area contributed by atoms with Crippen molar-refractivity contribution < 1.29 is 9.13 Å². The van der Waals surface area contributed by atoms with Crippen LogP contribution >= 0.6 is 11.6 Å². The third kappa shape index (κ3) is 3.45. The van der Waals surface area contributed by atoms with Crippen LogP contribution in [0.15, 0.2) is 42.5 Å². The second-order valence-electron chi connectivity index (χ2n) is 3.97. The third-order valence-corrected chi connectivity index (χ3v) is 2.75. The Morgan fingerprint density at radius 2 is 2.05 bits per heavy atom. The summed E-state index contributed by atoms with van der Waals surface area (Å²) in [7, 11) is 0. The van der Waals surface area contributed by atoms with E-state index < -0.39 is 5.82 Å². The van der Waals surface area contributed by atoms with Crippen LogP contribution in [-0.2, 0) is 6.61 Å². The lowest BCUT2D eigenvalue weighted by atomic mass is 10.1. The van der Waals surface area contributed by atoms with E-state index in [-0.39, 0.29) is 18.0 Å². The van der Waals surface area contributed by atoms with Gasteiger partial charge in [-0.1, -0.05) is 23.7 Å². The molecule has 0 amide bonds. The molecule has 0 aliphatic heterocycles. The van der Waals surface area contributed by atoms with Crippen LogP contribution in [0.4, 0.5) is 4.39 Å². The first kappa shape index (κ1) is 13.4. The number of nitrogens with two attached hydrogens (primary N) is 1. The largest absolute Gasteiger partial charge is 0.488 e. The number of hydrogen-bond acceptors (Lipinski definition) is 2. The van der Waals surface area contributed by atoms with Crippen molar-refractivity contribution in [2.75, 3.05) is 0 Å². The second kappa shape index (κ2) is 5.71. The van der Waals surface area contributed by atoms with Gasteiger partial charge in [0.25, 0.3) is 0 Å². The zero-order valence-electron chi connectivity index (χ0n) is 9.99. The van der Waals surface area contributed by atoms with Gasteiger partial charge in [0.15, 0.2) is 0 Å². The second-order valence-corrected chi connectivity index (χ2v) is 4.41. The monoisotopic (exact) mass is 278 g/mol. The lowest BCUT2D eigenvalue weighted by Gasteiger charge is -2.11. The molecule has 3 N–H and O–H groups in total. The van der Waals surface area contributed by atoms with Gasteiger partial charge in [-0.2, -0.15) is 0 Å². The van der Waals surface area contributed by atoms with E-state index in [0.717, 1.165) is 5.56 Å².